The van der Waals surface area contributed by atoms with Crippen LogP contribution in [0.2, 0.25) is 0 Å². The van der Waals surface area contributed by atoms with Crippen molar-refractivity contribution in [1.29, 1.82) is 0 Å². The van der Waals surface area contributed by atoms with E-state index < -0.39 is 15.8 Å². The van der Waals surface area contributed by atoms with E-state index in [-0.39, 0.29) is 4.90 Å². The van der Waals surface area contributed by atoms with Crippen LogP contribution in [0, 0.1) is 5.82 Å². The molecule has 17 heavy (non-hydrogen) atoms. The second kappa shape index (κ2) is 6.09. The number of benzene rings is 1. The molecule has 0 aliphatic carbocycles. The monoisotopic (exact) mass is 260 g/mol. The third-order valence-corrected chi connectivity index (χ3v) is 4.37. The van der Waals surface area contributed by atoms with Gasteiger partial charge in [0, 0.05) is 13.1 Å². The fourth-order valence-corrected chi connectivity index (χ4v) is 3.01. The average molecular weight is 260 g/mol. The van der Waals surface area contributed by atoms with Gasteiger partial charge in [0.05, 0.1) is 4.90 Å². The van der Waals surface area contributed by atoms with Crippen LogP contribution >= 0.6 is 0 Å². The zero-order valence-corrected chi connectivity index (χ0v) is 10.6. The van der Waals surface area contributed by atoms with Crippen LogP contribution in [0.25, 0.3) is 0 Å². The highest BCUT2D eigenvalue weighted by molar-refractivity contribution is 7.89. The van der Waals surface area contributed by atoms with E-state index in [1.165, 1.54) is 22.5 Å². The fourth-order valence-electron chi connectivity index (χ4n) is 1.49. The highest BCUT2D eigenvalue weighted by Gasteiger charge is 2.22. The van der Waals surface area contributed by atoms with E-state index >= 15 is 0 Å². The van der Waals surface area contributed by atoms with Crippen molar-refractivity contribution in [2.75, 3.05) is 19.6 Å². The zero-order valence-electron chi connectivity index (χ0n) is 9.77. The van der Waals surface area contributed by atoms with Gasteiger partial charge < -0.3 is 5.73 Å². The number of sulfonamides is 1. The Labute approximate surface area is 101 Å². The number of rotatable bonds is 6. The Bertz CT molecular complexity index is 462. The van der Waals surface area contributed by atoms with Crippen molar-refractivity contribution in [3.8, 4) is 0 Å². The van der Waals surface area contributed by atoms with Crippen LogP contribution in [0.1, 0.15) is 13.3 Å². The molecule has 2 N–H and O–H groups in total. The van der Waals surface area contributed by atoms with Crippen molar-refractivity contribution in [2.24, 2.45) is 5.73 Å². The summed E-state index contributed by atoms with van der Waals surface area (Å²) in [5, 5.41) is 0. The first-order valence-electron chi connectivity index (χ1n) is 5.48. The molecule has 0 saturated heterocycles. The Morgan fingerprint density at radius 2 is 2.12 bits per heavy atom. The number of hydrogen-bond donors (Lipinski definition) is 1. The summed E-state index contributed by atoms with van der Waals surface area (Å²) in [5.74, 6) is -0.555. The molecular formula is C11H17FN2O2S. The first kappa shape index (κ1) is 14.1. The molecule has 0 aromatic heterocycles. The molecule has 1 aromatic rings. The number of hydrogen-bond acceptors (Lipinski definition) is 3. The molecule has 1 rings (SSSR count). The van der Waals surface area contributed by atoms with Gasteiger partial charge in [-0.25, -0.2) is 12.8 Å². The maximum atomic E-state index is 13.0. The summed E-state index contributed by atoms with van der Waals surface area (Å²) >= 11 is 0. The predicted molar refractivity (Wildman–Crippen MR) is 64.5 cm³/mol. The number of nitrogens with zero attached hydrogens (tertiary/aromatic N) is 1. The Morgan fingerprint density at radius 3 is 2.65 bits per heavy atom. The molecule has 0 aliphatic heterocycles. The quantitative estimate of drug-likeness (QED) is 0.835. The molecule has 0 spiro atoms. The van der Waals surface area contributed by atoms with Crippen molar-refractivity contribution in [3.63, 3.8) is 0 Å². The second-order valence-corrected chi connectivity index (χ2v) is 5.53. The smallest absolute Gasteiger partial charge is 0.243 e. The van der Waals surface area contributed by atoms with Crippen LogP contribution in [-0.4, -0.2) is 32.4 Å². The standard InChI is InChI=1S/C11H17FN2O2S/c1-2-14(8-4-7-13)17(15,16)11-6-3-5-10(12)9-11/h3,5-6,9H,2,4,7-8,13H2,1H3. The third kappa shape index (κ3) is 3.49. The molecule has 4 nitrogen and oxygen atoms in total. The summed E-state index contributed by atoms with van der Waals surface area (Å²) in [6.45, 7) is 2.87. The van der Waals surface area contributed by atoms with Gasteiger partial charge >= 0.3 is 0 Å². The normalized spacial score (nSPS) is 12.0. The fraction of sp³-hybridized carbons (Fsp3) is 0.455. The maximum Gasteiger partial charge on any atom is 0.243 e. The molecular weight excluding hydrogens is 243 g/mol. The van der Waals surface area contributed by atoms with Gasteiger partial charge in [0.25, 0.3) is 0 Å². The lowest BCUT2D eigenvalue weighted by Gasteiger charge is -2.20. The summed E-state index contributed by atoms with van der Waals surface area (Å²) in [4.78, 5) is -0.0172. The molecule has 6 heteroatoms. The van der Waals surface area contributed by atoms with Crippen molar-refractivity contribution in [2.45, 2.75) is 18.2 Å². The molecule has 1 aromatic carbocycles. The minimum atomic E-state index is -3.61. The first-order chi connectivity index (χ1) is 8.02. The highest BCUT2D eigenvalue weighted by atomic mass is 32.2. The van der Waals surface area contributed by atoms with Crippen molar-refractivity contribution >= 4 is 10.0 Å². The largest absolute Gasteiger partial charge is 0.330 e. The maximum absolute atomic E-state index is 13.0. The van der Waals surface area contributed by atoms with Crippen molar-refractivity contribution in [1.82, 2.24) is 4.31 Å². The molecule has 96 valence electrons. The minimum Gasteiger partial charge on any atom is -0.330 e. The molecule has 0 amide bonds. The summed E-state index contributed by atoms with van der Waals surface area (Å²) < 4.78 is 38.6. The zero-order chi connectivity index (χ0) is 12.9. The van der Waals surface area contributed by atoms with E-state index in [2.05, 4.69) is 0 Å². The van der Waals surface area contributed by atoms with Gasteiger partial charge in [-0.3, -0.25) is 0 Å². The molecule has 0 bridgehead atoms. The summed E-state index contributed by atoms with van der Waals surface area (Å²) in [7, 11) is -3.61. The van der Waals surface area contributed by atoms with Gasteiger partial charge in [-0.15, -0.1) is 0 Å². The molecule has 0 saturated carbocycles. The molecule has 0 heterocycles. The van der Waals surface area contributed by atoms with Gasteiger partial charge in [-0.05, 0) is 31.2 Å². The molecule has 0 radical (unpaired) electrons. The van der Waals surface area contributed by atoms with Gasteiger partial charge in [0.1, 0.15) is 5.82 Å². The SMILES string of the molecule is CCN(CCCN)S(=O)(=O)c1cccc(F)c1. The Kier molecular flexibility index (Phi) is 5.04. The molecule has 0 unspecified atom stereocenters. The van der Waals surface area contributed by atoms with Crippen molar-refractivity contribution < 1.29 is 12.8 Å². The number of halogens is 1. The lowest BCUT2D eigenvalue weighted by Crippen LogP contribution is -2.32. The van der Waals surface area contributed by atoms with Crippen LogP contribution < -0.4 is 5.73 Å². The number of nitrogens with two attached hydrogens (primary N) is 1. The topological polar surface area (TPSA) is 63.4 Å². The average Bonchev–Trinajstić information content (AvgIpc) is 2.30. The molecule has 0 aliphatic rings. The van der Waals surface area contributed by atoms with Crippen LogP contribution in [0.5, 0.6) is 0 Å². The van der Waals surface area contributed by atoms with E-state index in [0.717, 1.165) is 6.07 Å². The van der Waals surface area contributed by atoms with Crippen LogP contribution in [0.15, 0.2) is 29.2 Å². The minimum absolute atomic E-state index is 0.0172. The van der Waals surface area contributed by atoms with Crippen LogP contribution in [0.3, 0.4) is 0 Å². The van der Waals surface area contributed by atoms with Gasteiger partial charge in [-0.1, -0.05) is 13.0 Å². The first-order valence-corrected chi connectivity index (χ1v) is 6.92. The van der Waals surface area contributed by atoms with Gasteiger partial charge in [-0.2, -0.15) is 4.31 Å². The summed E-state index contributed by atoms with van der Waals surface area (Å²) in [6.07, 6.45) is 0.586. The van der Waals surface area contributed by atoms with E-state index in [1.807, 2.05) is 0 Å². The lowest BCUT2D eigenvalue weighted by molar-refractivity contribution is 0.422. The van der Waals surface area contributed by atoms with Crippen LogP contribution in [-0.2, 0) is 10.0 Å². The Morgan fingerprint density at radius 1 is 1.41 bits per heavy atom. The Balaban J connectivity index is 3.00. The summed E-state index contributed by atoms with van der Waals surface area (Å²) in [5.41, 5.74) is 5.36. The second-order valence-electron chi connectivity index (χ2n) is 3.60. The van der Waals surface area contributed by atoms with E-state index in [9.17, 15) is 12.8 Å². The lowest BCUT2D eigenvalue weighted by atomic mass is 10.4. The van der Waals surface area contributed by atoms with Gasteiger partial charge in [0.2, 0.25) is 10.0 Å². The van der Waals surface area contributed by atoms with Crippen LogP contribution in [0.4, 0.5) is 4.39 Å². The third-order valence-electron chi connectivity index (χ3n) is 2.40. The van der Waals surface area contributed by atoms with Crippen molar-refractivity contribution in [3.05, 3.63) is 30.1 Å². The molecule has 0 atom stereocenters. The highest BCUT2D eigenvalue weighted by Crippen LogP contribution is 2.16. The summed E-state index contributed by atoms with van der Waals surface area (Å²) in [6, 6.07) is 5.03. The van der Waals surface area contributed by atoms with E-state index in [1.54, 1.807) is 6.92 Å². The van der Waals surface area contributed by atoms with E-state index in [0.29, 0.717) is 26.1 Å². The molecule has 0 fully saturated rings. The predicted octanol–water partition coefficient (Wildman–Crippen LogP) is 1.19. The Hall–Kier alpha value is -0.980. The van der Waals surface area contributed by atoms with Gasteiger partial charge in [0.15, 0.2) is 0 Å². The van der Waals surface area contributed by atoms with E-state index in [4.69, 9.17) is 5.73 Å².